The van der Waals surface area contributed by atoms with Gasteiger partial charge in [-0.1, -0.05) is 37.3 Å². The van der Waals surface area contributed by atoms with Crippen LogP contribution in [0.1, 0.15) is 44.3 Å². The minimum atomic E-state index is 0.386. The molecular weight excluding hydrogens is 262 g/mol. The van der Waals surface area contributed by atoms with Crippen LogP contribution in [0.25, 0.3) is 0 Å². The smallest absolute Gasteiger partial charge is 0.158 e. The molecule has 1 aliphatic carbocycles. The molecule has 0 spiro atoms. The summed E-state index contributed by atoms with van der Waals surface area (Å²) in [5.41, 5.74) is 0. The molecule has 0 aromatic carbocycles. The number of methoxy groups -OCH3 is 1. The molecule has 1 aromatic rings. The van der Waals surface area contributed by atoms with Crippen LogP contribution in [-0.4, -0.2) is 23.6 Å². The van der Waals surface area contributed by atoms with Gasteiger partial charge >= 0.3 is 0 Å². The van der Waals surface area contributed by atoms with Gasteiger partial charge in [0.15, 0.2) is 5.82 Å². The number of ether oxygens (including phenoxy) is 1. The van der Waals surface area contributed by atoms with Crippen molar-refractivity contribution in [3.05, 3.63) is 17.0 Å². The van der Waals surface area contributed by atoms with Gasteiger partial charge in [-0.25, -0.2) is 9.97 Å². The largest absolute Gasteiger partial charge is 0.377 e. The maximum absolute atomic E-state index is 5.96. The number of nitrogens with one attached hydrogen (secondary N) is 1. The van der Waals surface area contributed by atoms with Crippen molar-refractivity contribution in [1.29, 1.82) is 0 Å². The van der Waals surface area contributed by atoms with Gasteiger partial charge in [0.25, 0.3) is 0 Å². The van der Waals surface area contributed by atoms with Gasteiger partial charge in [-0.15, -0.1) is 0 Å². The Hall–Kier alpha value is -0.870. The molecule has 1 N–H and O–H groups in total. The molecule has 0 saturated heterocycles. The molecule has 19 heavy (non-hydrogen) atoms. The molecule has 0 amide bonds. The van der Waals surface area contributed by atoms with E-state index in [-0.39, 0.29) is 0 Å². The van der Waals surface area contributed by atoms with Crippen LogP contribution in [0.3, 0.4) is 0 Å². The highest BCUT2D eigenvalue weighted by atomic mass is 35.5. The Morgan fingerprint density at radius 1 is 1.37 bits per heavy atom. The molecule has 0 aliphatic heterocycles. The average Bonchev–Trinajstić information content (AvgIpc) is 2.87. The summed E-state index contributed by atoms with van der Waals surface area (Å²) in [4.78, 5) is 8.47. The number of hydrogen-bond acceptors (Lipinski definition) is 4. The van der Waals surface area contributed by atoms with E-state index in [4.69, 9.17) is 16.3 Å². The van der Waals surface area contributed by atoms with Crippen molar-refractivity contribution in [1.82, 2.24) is 9.97 Å². The van der Waals surface area contributed by atoms with Crippen LogP contribution in [0, 0.1) is 5.92 Å². The zero-order valence-electron chi connectivity index (χ0n) is 11.5. The topological polar surface area (TPSA) is 47.0 Å². The predicted octanol–water partition coefficient (Wildman–Crippen LogP) is 3.66. The Balaban J connectivity index is 1.75. The molecule has 1 fully saturated rings. The van der Waals surface area contributed by atoms with E-state index in [9.17, 15) is 0 Å². The second-order valence-electron chi connectivity index (χ2n) is 5.14. The highest BCUT2D eigenvalue weighted by Gasteiger charge is 2.13. The van der Waals surface area contributed by atoms with Crippen molar-refractivity contribution in [3.8, 4) is 0 Å². The molecule has 0 radical (unpaired) electrons. The molecule has 106 valence electrons. The Bertz CT molecular complexity index is 394. The van der Waals surface area contributed by atoms with Crippen LogP contribution >= 0.6 is 11.6 Å². The van der Waals surface area contributed by atoms with Crippen LogP contribution in [0.2, 0.25) is 5.15 Å². The summed E-state index contributed by atoms with van der Waals surface area (Å²) in [7, 11) is 1.62. The first-order valence-corrected chi connectivity index (χ1v) is 7.42. The van der Waals surface area contributed by atoms with Gasteiger partial charge in [-0.2, -0.15) is 0 Å². The van der Waals surface area contributed by atoms with Crippen LogP contribution in [0.4, 0.5) is 5.82 Å². The number of anilines is 1. The third-order valence-electron chi connectivity index (χ3n) is 3.58. The minimum Gasteiger partial charge on any atom is -0.377 e. The van der Waals surface area contributed by atoms with Crippen molar-refractivity contribution in [3.63, 3.8) is 0 Å². The lowest BCUT2D eigenvalue weighted by molar-refractivity contribution is 0.178. The highest BCUT2D eigenvalue weighted by molar-refractivity contribution is 6.29. The molecule has 4 nitrogen and oxygen atoms in total. The predicted molar refractivity (Wildman–Crippen MR) is 77.4 cm³/mol. The van der Waals surface area contributed by atoms with E-state index in [0.29, 0.717) is 17.6 Å². The molecule has 0 unspecified atom stereocenters. The molecule has 0 atom stereocenters. The first kappa shape index (κ1) is 14.5. The Morgan fingerprint density at radius 3 is 2.89 bits per heavy atom. The van der Waals surface area contributed by atoms with Gasteiger partial charge < -0.3 is 10.1 Å². The summed E-state index contributed by atoms with van der Waals surface area (Å²) in [6.45, 7) is 1.33. The van der Waals surface area contributed by atoms with Crippen LogP contribution < -0.4 is 5.32 Å². The van der Waals surface area contributed by atoms with E-state index in [1.807, 2.05) is 0 Å². The van der Waals surface area contributed by atoms with Crippen LogP contribution in [0.5, 0.6) is 0 Å². The van der Waals surface area contributed by atoms with Crippen molar-refractivity contribution in [2.45, 2.75) is 45.1 Å². The van der Waals surface area contributed by atoms with Gasteiger partial charge in [0.1, 0.15) is 17.6 Å². The standard InChI is InChI=1S/C14H22ClN3O/c1-19-10-14-17-12(15)9-13(18-14)16-8-4-7-11-5-2-3-6-11/h9,11H,2-8,10H2,1H3,(H,16,17,18). The molecule has 1 saturated carbocycles. The summed E-state index contributed by atoms with van der Waals surface area (Å²) < 4.78 is 5.02. The highest BCUT2D eigenvalue weighted by Crippen LogP contribution is 2.28. The fourth-order valence-electron chi connectivity index (χ4n) is 2.66. The summed E-state index contributed by atoms with van der Waals surface area (Å²) in [5.74, 6) is 2.35. The fourth-order valence-corrected chi connectivity index (χ4v) is 2.86. The van der Waals surface area contributed by atoms with Gasteiger partial charge in [0, 0.05) is 19.7 Å². The molecule has 0 bridgehead atoms. The maximum atomic E-state index is 5.96. The second kappa shape index (κ2) is 7.65. The van der Waals surface area contributed by atoms with Gasteiger partial charge in [-0.05, 0) is 18.8 Å². The van der Waals surface area contributed by atoms with Crippen molar-refractivity contribution in [2.75, 3.05) is 19.0 Å². The Labute approximate surface area is 119 Å². The Morgan fingerprint density at radius 2 is 2.16 bits per heavy atom. The third kappa shape index (κ3) is 4.96. The minimum absolute atomic E-state index is 0.386. The summed E-state index contributed by atoms with van der Waals surface area (Å²) in [6, 6.07) is 1.76. The molecule has 1 aromatic heterocycles. The molecular formula is C14H22ClN3O. The summed E-state index contributed by atoms with van der Waals surface area (Å²) >= 11 is 5.96. The lowest BCUT2D eigenvalue weighted by atomic mass is 10.0. The summed E-state index contributed by atoms with van der Waals surface area (Å²) in [5, 5.41) is 3.78. The summed E-state index contributed by atoms with van der Waals surface area (Å²) in [6.07, 6.45) is 8.16. The maximum Gasteiger partial charge on any atom is 0.158 e. The second-order valence-corrected chi connectivity index (χ2v) is 5.53. The van der Waals surface area contributed by atoms with Crippen molar-refractivity contribution >= 4 is 17.4 Å². The number of aromatic nitrogens is 2. The van der Waals surface area contributed by atoms with Gasteiger partial charge in [0.05, 0.1) is 0 Å². The quantitative estimate of drug-likeness (QED) is 0.613. The van der Waals surface area contributed by atoms with E-state index in [1.165, 1.54) is 38.5 Å². The van der Waals surface area contributed by atoms with E-state index < -0.39 is 0 Å². The number of hydrogen-bond donors (Lipinski definition) is 1. The number of halogens is 1. The van der Waals surface area contributed by atoms with Gasteiger partial charge in [-0.3, -0.25) is 0 Å². The number of rotatable bonds is 7. The molecule has 2 rings (SSSR count). The third-order valence-corrected chi connectivity index (χ3v) is 3.78. The van der Waals surface area contributed by atoms with E-state index >= 15 is 0 Å². The number of nitrogens with zero attached hydrogens (tertiary/aromatic N) is 2. The first-order chi connectivity index (χ1) is 9.28. The van der Waals surface area contributed by atoms with Crippen molar-refractivity contribution in [2.24, 2.45) is 5.92 Å². The van der Waals surface area contributed by atoms with E-state index in [0.717, 1.165) is 18.3 Å². The molecule has 1 heterocycles. The lowest BCUT2D eigenvalue weighted by Crippen LogP contribution is -2.08. The lowest BCUT2D eigenvalue weighted by Gasteiger charge is -2.10. The first-order valence-electron chi connectivity index (χ1n) is 7.04. The fraction of sp³-hybridized carbons (Fsp3) is 0.714. The molecule has 1 aliphatic rings. The molecule has 5 heteroatoms. The zero-order valence-corrected chi connectivity index (χ0v) is 12.2. The normalized spacial score (nSPS) is 15.9. The average molecular weight is 284 g/mol. The monoisotopic (exact) mass is 283 g/mol. The SMILES string of the molecule is COCc1nc(Cl)cc(NCCCC2CCCC2)n1. The van der Waals surface area contributed by atoms with Gasteiger partial charge in [0.2, 0.25) is 0 Å². The van der Waals surface area contributed by atoms with Crippen LogP contribution in [0.15, 0.2) is 6.07 Å². The van der Waals surface area contributed by atoms with E-state index in [2.05, 4.69) is 15.3 Å². The zero-order chi connectivity index (χ0) is 13.5. The van der Waals surface area contributed by atoms with Crippen LogP contribution in [-0.2, 0) is 11.3 Å². The van der Waals surface area contributed by atoms with Crippen molar-refractivity contribution < 1.29 is 4.74 Å². The Kier molecular flexibility index (Phi) is 5.86. The van der Waals surface area contributed by atoms with E-state index in [1.54, 1.807) is 13.2 Å².